The summed E-state index contributed by atoms with van der Waals surface area (Å²) in [6.07, 6.45) is 3.36. The van der Waals surface area contributed by atoms with Crippen LogP contribution in [0.4, 0.5) is 0 Å². The number of rotatable bonds is 0. The van der Waals surface area contributed by atoms with Crippen molar-refractivity contribution in [2.75, 3.05) is 0 Å². The van der Waals surface area contributed by atoms with Crippen LogP contribution in [0, 0.1) is 0 Å². The highest BCUT2D eigenvalue weighted by Crippen LogP contribution is 2.34. The van der Waals surface area contributed by atoms with Crippen molar-refractivity contribution in [2.24, 2.45) is 0 Å². The van der Waals surface area contributed by atoms with Gasteiger partial charge in [0.2, 0.25) is 2.14 Å². The molecule has 2 nitrogen and oxygen atoms in total. The van der Waals surface area contributed by atoms with E-state index in [9.17, 15) is 4.79 Å². The zero-order valence-corrected chi connectivity index (χ0v) is 10.1. The molecule has 0 aromatic carbocycles. The largest absolute Gasteiger partial charge is 0.292 e. The average Bonchev–Trinajstić information content (AvgIpc) is 2.34. The van der Waals surface area contributed by atoms with Crippen molar-refractivity contribution < 1.29 is 4.79 Å². The van der Waals surface area contributed by atoms with Crippen molar-refractivity contribution in [1.29, 1.82) is 0 Å². The van der Waals surface area contributed by atoms with Gasteiger partial charge in [-0.3, -0.25) is 9.36 Å². The van der Waals surface area contributed by atoms with Gasteiger partial charge < -0.3 is 0 Å². The second-order valence-electron chi connectivity index (χ2n) is 1.89. The Kier molecular flexibility index (Phi) is 2.94. The third-order valence-electron chi connectivity index (χ3n) is 1.08. The summed E-state index contributed by atoms with van der Waals surface area (Å²) in [7, 11) is 0. The average molecular weight is 346 g/mol. The Morgan fingerprint density at radius 1 is 1.18 bits per heavy atom. The molecular formula is C6H4Br3NO. The zero-order valence-electron chi connectivity index (χ0n) is 5.30. The quantitative estimate of drug-likeness (QED) is 0.663. The normalized spacial score (nSPS) is 11.5. The minimum Gasteiger partial charge on any atom is -0.292 e. The van der Waals surface area contributed by atoms with Crippen LogP contribution in [-0.4, -0.2) is 12.6 Å². The first-order valence-corrected chi connectivity index (χ1v) is 5.14. The molecule has 0 fully saturated rings. The molecule has 1 rings (SSSR count). The summed E-state index contributed by atoms with van der Waals surface area (Å²) >= 11 is 9.38. The van der Waals surface area contributed by atoms with Crippen molar-refractivity contribution in [2.45, 2.75) is 2.14 Å². The van der Waals surface area contributed by atoms with E-state index in [1.807, 2.05) is 0 Å². The lowest BCUT2D eigenvalue weighted by Crippen LogP contribution is -2.22. The molecule has 11 heavy (non-hydrogen) atoms. The molecule has 60 valence electrons. The van der Waals surface area contributed by atoms with Gasteiger partial charge in [0.1, 0.15) is 0 Å². The van der Waals surface area contributed by atoms with E-state index < -0.39 is 2.14 Å². The van der Waals surface area contributed by atoms with Gasteiger partial charge in [-0.2, -0.15) is 0 Å². The molecule has 0 aliphatic heterocycles. The predicted molar refractivity (Wildman–Crippen MR) is 54.6 cm³/mol. The van der Waals surface area contributed by atoms with E-state index in [0.717, 1.165) is 0 Å². The minimum absolute atomic E-state index is 0.123. The maximum atomic E-state index is 11.3. The van der Waals surface area contributed by atoms with E-state index in [1.165, 1.54) is 4.57 Å². The lowest BCUT2D eigenvalue weighted by molar-refractivity contribution is 0.0930. The first-order valence-electron chi connectivity index (χ1n) is 2.76. The smallest absolute Gasteiger partial charge is 0.269 e. The first-order chi connectivity index (χ1) is 5.02. The summed E-state index contributed by atoms with van der Waals surface area (Å²) in [5.41, 5.74) is 0. The maximum absolute atomic E-state index is 11.3. The molecule has 1 aromatic heterocycles. The highest BCUT2D eigenvalue weighted by Gasteiger charge is 2.29. The van der Waals surface area contributed by atoms with Gasteiger partial charge in [0.05, 0.1) is 0 Å². The summed E-state index contributed by atoms with van der Waals surface area (Å²) in [6, 6.07) is 3.58. The minimum atomic E-state index is -0.855. The molecule has 0 amide bonds. The molecule has 0 atom stereocenters. The predicted octanol–water partition coefficient (Wildman–Crippen LogP) is 2.97. The molecule has 5 heteroatoms. The Balaban J connectivity index is 2.88. The SMILES string of the molecule is O=C(n1cccc1)C(Br)(Br)Br. The van der Waals surface area contributed by atoms with Crippen molar-refractivity contribution in [3.63, 3.8) is 0 Å². The monoisotopic (exact) mass is 343 g/mol. The van der Waals surface area contributed by atoms with Gasteiger partial charge in [0, 0.05) is 12.4 Å². The van der Waals surface area contributed by atoms with Crippen LogP contribution in [0.15, 0.2) is 24.5 Å². The van der Waals surface area contributed by atoms with E-state index in [1.54, 1.807) is 24.5 Å². The third kappa shape index (κ3) is 2.42. The fourth-order valence-electron chi connectivity index (χ4n) is 0.616. The molecule has 0 aliphatic carbocycles. The Morgan fingerprint density at radius 2 is 1.64 bits per heavy atom. The van der Waals surface area contributed by atoms with Gasteiger partial charge >= 0.3 is 0 Å². The summed E-state index contributed by atoms with van der Waals surface area (Å²) in [4.78, 5) is 11.3. The number of halogens is 3. The Bertz CT molecular complexity index is 249. The lowest BCUT2D eigenvalue weighted by atomic mass is 10.7. The van der Waals surface area contributed by atoms with Crippen molar-refractivity contribution >= 4 is 53.7 Å². The molecule has 0 N–H and O–H groups in total. The van der Waals surface area contributed by atoms with Gasteiger partial charge in [0.25, 0.3) is 5.91 Å². The zero-order chi connectivity index (χ0) is 8.48. The summed E-state index contributed by atoms with van der Waals surface area (Å²) < 4.78 is 0.615. The number of hydrogen-bond acceptors (Lipinski definition) is 1. The number of carbonyl (C=O) groups is 1. The van der Waals surface area contributed by atoms with E-state index >= 15 is 0 Å². The van der Waals surface area contributed by atoms with E-state index in [2.05, 4.69) is 47.8 Å². The highest BCUT2D eigenvalue weighted by molar-refractivity contribution is 9.40. The van der Waals surface area contributed by atoms with Gasteiger partial charge in [-0.05, 0) is 59.9 Å². The summed E-state index contributed by atoms with van der Waals surface area (Å²) in [5.74, 6) is -0.123. The van der Waals surface area contributed by atoms with Crippen LogP contribution >= 0.6 is 47.8 Å². The molecule has 1 aromatic rings. The fourth-order valence-corrected chi connectivity index (χ4v) is 1.23. The number of hydrogen-bond donors (Lipinski definition) is 0. The Hall–Kier alpha value is 0.390. The Labute approximate surface area is 89.3 Å². The summed E-state index contributed by atoms with van der Waals surface area (Å²) in [6.45, 7) is 0. The molecule has 0 spiro atoms. The first kappa shape index (κ1) is 9.48. The van der Waals surface area contributed by atoms with Crippen LogP contribution < -0.4 is 0 Å². The van der Waals surface area contributed by atoms with Crippen LogP contribution in [0.5, 0.6) is 0 Å². The van der Waals surface area contributed by atoms with Gasteiger partial charge in [-0.1, -0.05) is 0 Å². The molecule has 1 heterocycles. The van der Waals surface area contributed by atoms with Crippen LogP contribution in [0.1, 0.15) is 4.79 Å². The van der Waals surface area contributed by atoms with Crippen molar-refractivity contribution in [1.82, 2.24) is 4.57 Å². The standard InChI is InChI=1S/C6H4Br3NO/c7-6(8,9)5(11)10-3-1-2-4-10/h1-4H. The van der Waals surface area contributed by atoms with E-state index in [4.69, 9.17) is 0 Å². The van der Waals surface area contributed by atoms with Gasteiger partial charge in [-0.25, -0.2) is 0 Å². The molecule has 0 saturated carbocycles. The summed E-state index contributed by atoms with van der Waals surface area (Å²) in [5, 5.41) is 0. The topological polar surface area (TPSA) is 22.0 Å². The molecule has 0 saturated heterocycles. The van der Waals surface area contributed by atoms with Crippen LogP contribution in [0.25, 0.3) is 0 Å². The van der Waals surface area contributed by atoms with Gasteiger partial charge in [-0.15, -0.1) is 0 Å². The van der Waals surface area contributed by atoms with E-state index in [0.29, 0.717) is 0 Å². The van der Waals surface area contributed by atoms with E-state index in [-0.39, 0.29) is 5.91 Å². The number of alkyl halides is 3. The third-order valence-corrected chi connectivity index (χ3v) is 2.10. The number of aromatic nitrogens is 1. The number of carbonyl (C=O) groups excluding carboxylic acids is 1. The highest BCUT2D eigenvalue weighted by atomic mass is 80.0. The fraction of sp³-hybridized carbons (Fsp3) is 0.167. The lowest BCUT2D eigenvalue weighted by Gasteiger charge is -2.10. The molecule has 0 radical (unpaired) electrons. The van der Waals surface area contributed by atoms with Crippen LogP contribution in [-0.2, 0) is 0 Å². The molecular weight excluding hydrogens is 342 g/mol. The van der Waals surface area contributed by atoms with Crippen molar-refractivity contribution in [3.8, 4) is 0 Å². The molecule has 0 bridgehead atoms. The number of nitrogens with zero attached hydrogens (tertiary/aromatic N) is 1. The van der Waals surface area contributed by atoms with Gasteiger partial charge in [0.15, 0.2) is 0 Å². The second-order valence-corrected chi connectivity index (χ2v) is 8.65. The Morgan fingerprint density at radius 3 is 2.00 bits per heavy atom. The molecule has 0 unspecified atom stereocenters. The van der Waals surface area contributed by atoms with Crippen molar-refractivity contribution in [3.05, 3.63) is 24.5 Å². The maximum Gasteiger partial charge on any atom is 0.269 e. The van der Waals surface area contributed by atoms with Crippen LogP contribution in [0.2, 0.25) is 0 Å². The van der Waals surface area contributed by atoms with Crippen LogP contribution in [0.3, 0.4) is 0 Å². The second kappa shape index (κ2) is 3.41. The molecule has 0 aliphatic rings.